The number of nitrogens with zero attached hydrogens (tertiary/aromatic N) is 2. The van der Waals surface area contributed by atoms with Crippen molar-refractivity contribution in [3.63, 3.8) is 0 Å². The number of aromatic nitrogens is 2. The Morgan fingerprint density at radius 1 is 1.12 bits per heavy atom. The lowest BCUT2D eigenvalue weighted by Gasteiger charge is -2.28. The molecule has 4 amide bonds. The summed E-state index contributed by atoms with van der Waals surface area (Å²) in [4.78, 5) is 79.8. The van der Waals surface area contributed by atoms with Crippen LogP contribution in [0, 0.1) is 0 Å². The minimum absolute atomic E-state index is 0.0802. The van der Waals surface area contributed by atoms with E-state index in [9.17, 15) is 33.9 Å². The molecule has 9 N–H and O–H groups in total. The molecule has 15 heteroatoms. The van der Waals surface area contributed by atoms with E-state index in [1.165, 1.54) is 12.5 Å². The molecule has 4 unspecified atom stereocenters. The van der Waals surface area contributed by atoms with E-state index in [2.05, 4.69) is 20.6 Å². The largest absolute Gasteiger partial charge is 0.481 e. The van der Waals surface area contributed by atoms with Gasteiger partial charge in [0.25, 0.3) is 0 Å². The number of hydrogen-bond acceptors (Lipinski definition) is 8. The average molecular weight is 481 g/mol. The maximum absolute atomic E-state index is 13.2. The first-order chi connectivity index (χ1) is 16.0. The van der Waals surface area contributed by atoms with Crippen LogP contribution in [0.4, 0.5) is 0 Å². The molecule has 34 heavy (non-hydrogen) atoms. The number of imidazole rings is 1. The van der Waals surface area contributed by atoms with Crippen LogP contribution in [-0.2, 0) is 35.2 Å². The number of nitrogens with two attached hydrogens (primary N) is 2. The summed E-state index contributed by atoms with van der Waals surface area (Å²) in [6.07, 6.45) is 2.05. The van der Waals surface area contributed by atoms with Crippen molar-refractivity contribution in [2.75, 3.05) is 6.54 Å². The molecule has 1 aliphatic rings. The van der Waals surface area contributed by atoms with Gasteiger partial charge in [0.05, 0.1) is 25.2 Å². The Hall–Kier alpha value is -4.01. The molecule has 15 nitrogen and oxygen atoms in total. The number of carboxylic acid groups (broad SMARTS) is 2. The van der Waals surface area contributed by atoms with Crippen molar-refractivity contribution in [3.05, 3.63) is 18.2 Å². The Labute approximate surface area is 193 Å². The molecule has 1 fully saturated rings. The van der Waals surface area contributed by atoms with Gasteiger partial charge in [0, 0.05) is 24.9 Å². The number of likely N-dealkylation sites (tertiary alicyclic amines) is 1. The molecule has 1 aromatic heterocycles. The Kier molecular flexibility index (Phi) is 9.06. The second kappa shape index (κ2) is 11.7. The van der Waals surface area contributed by atoms with Gasteiger partial charge in [-0.25, -0.2) is 9.78 Å². The quantitative estimate of drug-likeness (QED) is 0.156. The maximum atomic E-state index is 13.2. The summed E-state index contributed by atoms with van der Waals surface area (Å²) in [5.74, 6) is -6.11. The third-order valence-electron chi connectivity index (χ3n) is 5.18. The van der Waals surface area contributed by atoms with Crippen LogP contribution in [-0.4, -0.2) is 91.4 Å². The number of carbonyl (C=O) groups excluding carboxylic acids is 4. The van der Waals surface area contributed by atoms with Crippen molar-refractivity contribution in [1.29, 1.82) is 0 Å². The van der Waals surface area contributed by atoms with Crippen LogP contribution in [0.5, 0.6) is 0 Å². The van der Waals surface area contributed by atoms with Crippen molar-refractivity contribution in [2.45, 2.75) is 56.3 Å². The summed E-state index contributed by atoms with van der Waals surface area (Å²) in [7, 11) is 0. The topological polar surface area (TPSA) is 251 Å². The highest BCUT2D eigenvalue weighted by Crippen LogP contribution is 2.19. The molecule has 0 aliphatic carbocycles. The summed E-state index contributed by atoms with van der Waals surface area (Å²) >= 11 is 0. The standard InChI is InChI=1S/C19H27N7O8/c20-10(5-15(28)29)16(30)24-11(6-14(21)27)17(31)25-12(4-9-7-22-8-23-9)18(32)26-3-1-2-13(26)19(33)34/h7-8,10-13H,1-6,20H2,(H2,21,27)(H,22,23)(H,24,30)(H,25,31)(H,28,29)(H,33,34). The molecule has 1 saturated heterocycles. The second-order valence-corrected chi connectivity index (χ2v) is 7.81. The average Bonchev–Trinajstić information content (AvgIpc) is 3.43. The van der Waals surface area contributed by atoms with Gasteiger partial charge in [-0.05, 0) is 12.8 Å². The molecule has 186 valence electrons. The number of aromatic amines is 1. The van der Waals surface area contributed by atoms with E-state index in [0.717, 1.165) is 4.90 Å². The number of hydrogen-bond donors (Lipinski definition) is 7. The molecule has 0 spiro atoms. The van der Waals surface area contributed by atoms with E-state index in [0.29, 0.717) is 12.1 Å². The third-order valence-corrected chi connectivity index (χ3v) is 5.18. The zero-order valence-electron chi connectivity index (χ0n) is 18.1. The van der Waals surface area contributed by atoms with Gasteiger partial charge in [-0.15, -0.1) is 0 Å². The predicted octanol–water partition coefficient (Wildman–Crippen LogP) is -3.33. The fraction of sp³-hybridized carbons (Fsp3) is 0.526. The van der Waals surface area contributed by atoms with Crippen LogP contribution in [0.1, 0.15) is 31.4 Å². The third kappa shape index (κ3) is 7.26. The Morgan fingerprint density at radius 2 is 1.79 bits per heavy atom. The molecule has 0 aromatic carbocycles. The van der Waals surface area contributed by atoms with Crippen LogP contribution < -0.4 is 22.1 Å². The fourth-order valence-corrected chi connectivity index (χ4v) is 3.55. The monoisotopic (exact) mass is 481 g/mol. The lowest BCUT2D eigenvalue weighted by atomic mass is 10.1. The molecule has 0 bridgehead atoms. The molecule has 4 atom stereocenters. The van der Waals surface area contributed by atoms with Crippen molar-refractivity contribution in [3.8, 4) is 0 Å². The van der Waals surface area contributed by atoms with Crippen LogP contribution in [0.15, 0.2) is 12.5 Å². The minimum atomic E-state index is -1.55. The van der Waals surface area contributed by atoms with E-state index in [-0.39, 0.29) is 19.4 Å². The van der Waals surface area contributed by atoms with Gasteiger partial charge in [-0.1, -0.05) is 0 Å². The Balaban J connectivity index is 2.22. The van der Waals surface area contributed by atoms with E-state index in [1.807, 2.05) is 0 Å². The van der Waals surface area contributed by atoms with E-state index >= 15 is 0 Å². The number of carboxylic acids is 2. The Bertz CT molecular complexity index is 935. The van der Waals surface area contributed by atoms with Gasteiger partial charge in [-0.3, -0.25) is 24.0 Å². The molecule has 2 rings (SSSR count). The first kappa shape index (κ1) is 26.2. The summed E-state index contributed by atoms with van der Waals surface area (Å²) in [6.45, 7) is 0.177. The SMILES string of the molecule is NC(=O)CC(NC(=O)C(N)CC(=O)O)C(=O)NC(Cc1cnc[nH]1)C(=O)N1CCCC1C(=O)O. The smallest absolute Gasteiger partial charge is 0.326 e. The summed E-state index contributed by atoms with van der Waals surface area (Å²) < 4.78 is 0. The summed E-state index contributed by atoms with van der Waals surface area (Å²) in [6, 6.07) is -5.35. The zero-order valence-corrected chi connectivity index (χ0v) is 18.1. The van der Waals surface area contributed by atoms with E-state index in [1.54, 1.807) is 0 Å². The highest BCUT2D eigenvalue weighted by Gasteiger charge is 2.38. The number of rotatable bonds is 12. The number of H-pyrrole nitrogens is 1. The number of amides is 4. The number of carbonyl (C=O) groups is 6. The molecule has 0 radical (unpaired) electrons. The molecule has 0 saturated carbocycles. The van der Waals surface area contributed by atoms with E-state index < -0.39 is 72.6 Å². The lowest BCUT2D eigenvalue weighted by molar-refractivity contribution is -0.149. The lowest BCUT2D eigenvalue weighted by Crippen LogP contribution is -2.58. The predicted molar refractivity (Wildman–Crippen MR) is 113 cm³/mol. The van der Waals surface area contributed by atoms with Crippen LogP contribution in [0.2, 0.25) is 0 Å². The van der Waals surface area contributed by atoms with Gasteiger partial charge in [0.2, 0.25) is 23.6 Å². The summed E-state index contributed by atoms with van der Waals surface area (Å²) in [5, 5.41) is 22.8. The van der Waals surface area contributed by atoms with Crippen LogP contribution in [0.25, 0.3) is 0 Å². The van der Waals surface area contributed by atoms with Crippen molar-refractivity contribution in [2.24, 2.45) is 11.5 Å². The van der Waals surface area contributed by atoms with Crippen LogP contribution >= 0.6 is 0 Å². The first-order valence-corrected chi connectivity index (χ1v) is 10.4. The van der Waals surface area contributed by atoms with Crippen molar-refractivity contribution < 1.29 is 39.0 Å². The van der Waals surface area contributed by atoms with Gasteiger partial charge in [0.15, 0.2) is 0 Å². The maximum Gasteiger partial charge on any atom is 0.326 e. The van der Waals surface area contributed by atoms with Gasteiger partial charge < -0.3 is 42.2 Å². The van der Waals surface area contributed by atoms with E-state index in [4.69, 9.17) is 16.6 Å². The zero-order chi connectivity index (χ0) is 25.4. The van der Waals surface area contributed by atoms with Crippen molar-refractivity contribution >= 4 is 35.6 Å². The van der Waals surface area contributed by atoms with Crippen LogP contribution in [0.3, 0.4) is 0 Å². The van der Waals surface area contributed by atoms with Gasteiger partial charge in [-0.2, -0.15) is 0 Å². The normalized spacial score (nSPS) is 17.9. The summed E-state index contributed by atoms with van der Waals surface area (Å²) in [5.41, 5.74) is 11.1. The van der Waals surface area contributed by atoms with Gasteiger partial charge in [0.1, 0.15) is 18.1 Å². The second-order valence-electron chi connectivity index (χ2n) is 7.81. The Morgan fingerprint density at radius 3 is 2.35 bits per heavy atom. The van der Waals surface area contributed by atoms with Gasteiger partial charge >= 0.3 is 11.9 Å². The molecular formula is C19H27N7O8. The fourth-order valence-electron chi connectivity index (χ4n) is 3.55. The highest BCUT2D eigenvalue weighted by molar-refractivity contribution is 5.96. The first-order valence-electron chi connectivity index (χ1n) is 10.4. The number of primary amides is 1. The molecule has 1 aromatic rings. The number of nitrogens with one attached hydrogen (secondary N) is 3. The molecule has 2 heterocycles. The minimum Gasteiger partial charge on any atom is -0.481 e. The number of aliphatic carboxylic acids is 2. The highest BCUT2D eigenvalue weighted by atomic mass is 16.4. The molecule has 1 aliphatic heterocycles. The van der Waals surface area contributed by atoms with Crippen molar-refractivity contribution in [1.82, 2.24) is 25.5 Å². The molecular weight excluding hydrogens is 454 g/mol.